The molecular weight excluding hydrogens is 461 g/mol. The van der Waals surface area contributed by atoms with Crippen LogP contribution in [0.5, 0.6) is 0 Å². The molecule has 0 unspecified atom stereocenters. The zero-order valence-corrected chi connectivity index (χ0v) is 16.9. The zero-order chi connectivity index (χ0) is 15.5. The monoisotopic (exact) mass is 482 g/mol. The molecule has 0 aliphatic heterocycles. The van der Waals surface area contributed by atoms with E-state index in [2.05, 4.69) is 93.6 Å². The van der Waals surface area contributed by atoms with Crippen molar-refractivity contribution in [2.75, 3.05) is 0 Å². The van der Waals surface area contributed by atoms with E-state index >= 15 is 0 Å². The Morgan fingerprint density at radius 1 is 0.545 bits per heavy atom. The van der Waals surface area contributed by atoms with E-state index in [1.54, 1.807) is 9.81 Å². The van der Waals surface area contributed by atoms with Crippen LogP contribution in [0.3, 0.4) is 0 Å². The fourth-order valence-electron chi connectivity index (χ4n) is 2.63. The van der Waals surface area contributed by atoms with Crippen molar-refractivity contribution >= 4 is 31.6 Å². The summed E-state index contributed by atoms with van der Waals surface area (Å²) in [6.45, 7) is 6.57. The summed E-state index contributed by atoms with van der Waals surface area (Å²) in [5.74, 6) is 0. The molecule has 0 spiro atoms. The number of benzene rings is 3. The average molecular weight is 482 g/mol. The van der Waals surface area contributed by atoms with Crippen molar-refractivity contribution in [3.63, 3.8) is 0 Å². The third-order valence-corrected chi connectivity index (χ3v) is 14.1. The topological polar surface area (TPSA) is 0 Å². The Balaban J connectivity index is 2.16. The standard InChI is InChI=1S/3C7H7.Bi/c3*1-7-5-3-2-4-6-7;/h2*3-6H,1H3;2-5H,1H3;. The summed E-state index contributed by atoms with van der Waals surface area (Å²) in [7, 11) is 0. The van der Waals surface area contributed by atoms with Gasteiger partial charge in [-0.15, -0.1) is 0 Å². The minimum absolute atomic E-state index is 1.33. The van der Waals surface area contributed by atoms with Gasteiger partial charge in [0.15, 0.2) is 0 Å². The molecule has 0 aromatic heterocycles. The predicted molar refractivity (Wildman–Crippen MR) is 98.2 cm³/mol. The van der Waals surface area contributed by atoms with Crippen LogP contribution in [-0.4, -0.2) is 21.8 Å². The third kappa shape index (κ3) is 3.31. The van der Waals surface area contributed by atoms with Gasteiger partial charge >= 0.3 is 142 Å². The Morgan fingerprint density at radius 3 is 1.45 bits per heavy atom. The van der Waals surface area contributed by atoms with Gasteiger partial charge in [0, 0.05) is 0 Å². The molecule has 0 bridgehead atoms. The van der Waals surface area contributed by atoms with Crippen LogP contribution in [0.15, 0.2) is 72.8 Å². The quantitative estimate of drug-likeness (QED) is 0.504. The van der Waals surface area contributed by atoms with E-state index < -0.39 is 21.8 Å². The van der Waals surface area contributed by atoms with Gasteiger partial charge in [-0.1, -0.05) is 0 Å². The van der Waals surface area contributed by atoms with Crippen LogP contribution in [0, 0.1) is 20.8 Å². The Hall–Kier alpha value is -1.46. The van der Waals surface area contributed by atoms with Crippen molar-refractivity contribution in [1.82, 2.24) is 0 Å². The van der Waals surface area contributed by atoms with Gasteiger partial charge in [0.25, 0.3) is 0 Å². The van der Waals surface area contributed by atoms with Crippen molar-refractivity contribution in [2.45, 2.75) is 20.8 Å². The zero-order valence-electron chi connectivity index (χ0n) is 13.4. The summed E-state index contributed by atoms with van der Waals surface area (Å²) >= 11 is -2.17. The first kappa shape index (κ1) is 15.4. The Kier molecular flexibility index (Phi) is 4.74. The molecule has 0 amide bonds. The number of aryl methyl sites for hydroxylation is 3. The second kappa shape index (κ2) is 6.75. The average Bonchev–Trinajstić information content (AvgIpc) is 2.53. The van der Waals surface area contributed by atoms with Crippen molar-refractivity contribution in [2.24, 2.45) is 0 Å². The van der Waals surface area contributed by atoms with Crippen LogP contribution < -0.4 is 9.81 Å². The van der Waals surface area contributed by atoms with Crippen LogP contribution in [0.1, 0.15) is 16.7 Å². The van der Waals surface area contributed by atoms with Gasteiger partial charge in [-0.05, 0) is 0 Å². The van der Waals surface area contributed by atoms with Gasteiger partial charge in [-0.2, -0.15) is 0 Å². The van der Waals surface area contributed by atoms with E-state index in [1.807, 2.05) is 0 Å². The van der Waals surface area contributed by atoms with Gasteiger partial charge in [-0.25, -0.2) is 0 Å². The third-order valence-electron chi connectivity index (χ3n) is 3.94. The van der Waals surface area contributed by atoms with Crippen molar-refractivity contribution in [1.29, 1.82) is 0 Å². The van der Waals surface area contributed by atoms with E-state index in [1.165, 1.54) is 16.7 Å². The summed E-state index contributed by atoms with van der Waals surface area (Å²) in [5.41, 5.74) is 4.10. The van der Waals surface area contributed by atoms with E-state index in [4.69, 9.17) is 0 Å². The van der Waals surface area contributed by atoms with Crippen molar-refractivity contribution in [3.05, 3.63) is 89.5 Å². The van der Waals surface area contributed by atoms with Gasteiger partial charge < -0.3 is 0 Å². The molecule has 3 aromatic rings. The molecule has 0 saturated heterocycles. The molecule has 0 atom stereocenters. The first-order chi connectivity index (χ1) is 10.6. The maximum absolute atomic E-state index is 2.35. The van der Waals surface area contributed by atoms with Crippen LogP contribution >= 0.6 is 0 Å². The second-order valence-electron chi connectivity index (χ2n) is 5.79. The summed E-state index contributed by atoms with van der Waals surface area (Å²) in [5, 5.41) is 0. The molecule has 0 heterocycles. The van der Waals surface area contributed by atoms with E-state index in [9.17, 15) is 0 Å². The fraction of sp³-hybridized carbons (Fsp3) is 0.143. The maximum atomic E-state index is 2.35. The normalized spacial score (nSPS) is 10.9. The molecular formula is C21H21Bi. The molecule has 0 nitrogen and oxygen atoms in total. The molecule has 0 saturated carbocycles. The number of rotatable bonds is 3. The number of hydrogen-bond acceptors (Lipinski definition) is 0. The molecule has 0 N–H and O–H groups in total. The Bertz CT molecular complexity index is 709. The van der Waals surface area contributed by atoms with Crippen LogP contribution in [0.4, 0.5) is 0 Å². The van der Waals surface area contributed by atoms with Crippen LogP contribution in [0.25, 0.3) is 0 Å². The Labute approximate surface area is 141 Å². The minimum atomic E-state index is -2.17. The molecule has 1 heteroatoms. The molecule has 22 heavy (non-hydrogen) atoms. The summed E-state index contributed by atoms with van der Waals surface area (Å²) < 4.78 is 4.70. The number of hydrogen-bond donors (Lipinski definition) is 0. The van der Waals surface area contributed by atoms with Gasteiger partial charge in [0.05, 0.1) is 0 Å². The van der Waals surface area contributed by atoms with Gasteiger partial charge in [0.1, 0.15) is 0 Å². The van der Waals surface area contributed by atoms with E-state index in [0.29, 0.717) is 0 Å². The van der Waals surface area contributed by atoms with E-state index in [-0.39, 0.29) is 0 Å². The summed E-state index contributed by atoms with van der Waals surface area (Å²) in [4.78, 5) is 0. The summed E-state index contributed by atoms with van der Waals surface area (Å²) in [6.07, 6.45) is 0. The SMILES string of the molecule is Cc1cc[c]([Bi]([c]2ccc(C)cc2)[c]2ccccc2C)cc1. The van der Waals surface area contributed by atoms with Crippen molar-refractivity contribution in [3.8, 4) is 0 Å². The fourth-order valence-corrected chi connectivity index (χ4v) is 12.0. The van der Waals surface area contributed by atoms with E-state index in [0.717, 1.165) is 0 Å². The molecule has 3 rings (SSSR count). The van der Waals surface area contributed by atoms with Gasteiger partial charge in [0.2, 0.25) is 0 Å². The molecule has 110 valence electrons. The van der Waals surface area contributed by atoms with Crippen LogP contribution in [0.2, 0.25) is 0 Å². The summed E-state index contributed by atoms with van der Waals surface area (Å²) in [6, 6.07) is 27.3. The predicted octanol–water partition coefficient (Wildman–Crippen LogP) is 3.13. The molecule has 0 aliphatic rings. The van der Waals surface area contributed by atoms with Gasteiger partial charge in [-0.3, -0.25) is 0 Å². The molecule has 0 aliphatic carbocycles. The second-order valence-corrected chi connectivity index (χ2v) is 14.3. The molecule has 0 fully saturated rings. The first-order valence-electron chi connectivity index (χ1n) is 7.64. The Morgan fingerprint density at radius 2 is 1.00 bits per heavy atom. The van der Waals surface area contributed by atoms with Crippen LogP contribution in [-0.2, 0) is 0 Å². The van der Waals surface area contributed by atoms with Crippen molar-refractivity contribution < 1.29 is 0 Å². The first-order valence-corrected chi connectivity index (χ1v) is 12.9. The molecule has 0 radical (unpaired) electrons. The molecule has 3 aromatic carbocycles.